The van der Waals surface area contributed by atoms with Crippen LogP contribution in [-0.2, 0) is 6.05 Å². The molecule has 24 heavy (non-hydrogen) atoms. The van der Waals surface area contributed by atoms with E-state index >= 15 is 0 Å². The smallest absolute Gasteiger partial charge is 0.184 e. The third-order valence-electron chi connectivity index (χ3n) is 3.19. The van der Waals surface area contributed by atoms with Crippen LogP contribution in [0.25, 0.3) is 11.3 Å². The first-order chi connectivity index (χ1) is 11.4. The molecule has 0 aliphatic rings. The summed E-state index contributed by atoms with van der Waals surface area (Å²) in [7, 11) is 0. The molecule has 0 saturated heterocycles. The molecule has 0 fully saturated rings. The third-order valence-corrected chi connectivity index (χ3v) is 4.20. The van der Waals surface area contributed by atoms with Crippen LogP contribution in [0.1, 0.15) is 0 Å². The van der Waals surface area contributed by atoms with Crippen molar-refractivity contribution in [2.75, 3.05) is 0 Å². The normalized spacial score (nSPS) is 12.3. The molecular weight excluding hydrogens is 342 g/mol. The van der Waals surface area contributed by atoms with Crippen LogP contribution >= 0.6 is 11.8 Å². The van der Waals surface area contributed by atoms with Crippen molar-refractivity contribution >= 4 is 11.8 Å². The van der Waals surface area contributed by atoms with E-state index in [-0.39, 0.29) is 27.0 Å². The highest BCUT2D eigenvalue weighted by Crippen LogP contribution is 2.49. The van der Waals surface area contributed by atoms with Crippen molar-refractivity contribution in [1.29, 1.82) is 0 Å². The lowest BCUT2D eigenvalue weighted by Crippen LogP contribution is -2.41. The SMILES string of the molecule is FC(F)(Sc1ccccc1)C(F)(F)n1cc(-c2ccccc2)nn1. The van der Waals surface area contributed by atoms with Gasteiger partial charge >= 0.3 is 11.3 Å². The van der Waals surface area contributed by atoms with Crippen LogP contribution in [0.2, 0.25) is 0 Å². The zero-order valence-electron chi connectivity index (χ0n) is 12.1. The van der Waals surface area contributed by atoms with E-state index in [9.17, 15) is 17.6 Å². The lowest BCUT2D eigenvalue weighted by molar-refractivity contribution is -0.217. The molecule has 124 valence electrons. The predicted octanol–water partition coefficient (Wildman–Crippen LogP) is 4.88. The monoisotopic (exact) mass is 353 g/mol. The zero-order valence-corrected chi connectivity index (χ0v) is 12.9. The summed E-state index contributed by atoms with van der Waals surface area (Å²) in [4.78, 5) is 0.0329. The molecule has 0 aliphatic carbocycles. The first kappa shape index (κ1) is 16.5. The molecule has 0 aliphatic heterocycles. The summed E-state index contributed by atoms with van der Waals surface area (Å²) < 4.78 is 56.6. The summed E-state index contributed by atoms with van der Waals surface area (Å²) in [6.07, 6.45) is 0.814. The number of benzene rings is 2. The highest BCUT2D eigenvalue weighted by atomic mass is 32.2. The van der Waals surface area contributed by atoms with Crippen molar-refractivity contribution < 1.29 is 17.6 Å². The van der Waals surface area contributed by atoms with E-state index in [2.05, 4.69) is 10.3 Å². The first-order valence-corrected chi connectivity index (χ1v) is 7.70. The Kier molecular flexibility index (Phi) is 4.31. The molecule has 2 aromatic carbocycles. The van der Waals surface area contributed by atoms with Crippen LogP contribution in [0.15, 0.2) is 71.8 Å². The summed E-state index contributed by atoms with van der Waals surface area (Å²) in [6, 6.07) is 11.1. The van der Waals surface area contributed by atoms with Gasteiger partial charge < -0.3 is 0 Å². The van der Waals surface area contributed by atoms with Crippen LogP contribution in [0.4, 0.5) is 17.6 Å². The highest BCUT2D eigenvalue weighted by molar-refractivity contribution is 8.00. The Morgan fingerprint density at radius 1 is 0.833 bits per heavy atom. The number of alkyl halides is 4. The molecule has 0 bridgehead atoms. The van der Waals surface area contributed by atoms with Gasteiger partial charge in [0.1, 0.15) is 5.69 Å². The molecule has 3 rings (SSSR count). The van der Waals surface area contributed by atoms with Crippen LogP contribution in [0, 0.1) is 0 Å². The van der Waals surface area contributed by atoms with Gasteiger partial charge in [0, 0.05) is 10.5 Å². The minimum Gasteiger partial charge on any atom is -0.184 e. The highest BCUT2D eigenvalue weighted by Gasteiger charge is 2.60. The minimum absolute atomic E-state index is 0.0329. The third kappa shape index (κ3) is 3.14. The van der Waals surface area contributed by atoms with E-state index in [0.29, 0.717) is 5.56 Å². The second-order valence-corrected chi connectivity index (χ2v) is 6.08. The van der Waals surface area contributed by atoms with Crippen molar-refractivity contribution in [1.82, 2.24) is 15.0 Å². The maximum absolute atomic E-state index is 14.2. The van der Waals surface area contributed by atoms with Crippen LogP contribution < -0.4 is 0 Å². The summed E-state index contributed by atoms with van der Waals surface area (Å²) in [5, 5.41) is 2.37. The number of nitrogens with zero attached hydrogens (tertiary/aromatic N) is 3. The lowest BCUT2D eigenvalue weighted by atomic mass is 10.2. The fraction of sp³-hybridized carbons (Fsp3) is 0.125. The molecule has 0 radical (unpaired) electrons. The molecule has 0 N–H and O–H groups in total. The summed E-state index contributed by atoms with van der Waals surface area (Å²) in [5.74, 6) is 0. The van der Waals surface area contributed by atoms with Crippen molar-refractivity contribution in [2.24, 2.45) is 0 Å². The number of thioether (sulfide) groups is 1. The van der Waals surface area contributed by atoms with E-state index in [1.807, 2.05) is 0 Å². The van der Waals surface area contributed by atoms with Gasteiger partial charge in [0.25, 0.3) is 0 Å². The standard InChI is InChI=1S/C16H11F4N3S/c17-15(18,16(19,20)24-13-9-5-2-6-10-13)23-11-14(21-22-23)12-7-3-1-4-8-12/h1-11H. The molecule has 3 nitrogen and oxygen atoms in total. The zero-order chi connectivity index (χ0) is 17.2. The Balaban J connectivity index is 1.88. The molecular formula is C16H11F4N3S. The average Bonchev–Trinajstić information content (AvgIpc) is 3.07. The van der Waals surface area contributed by atoms with Gasteiger partial charge in [-0.05, 0) is 23.9 Å². The first-order valence-electron chi connectivity index (χ1n) is 6.88. The topological polar surface area (TPSA) is 30.7 Å². The lowest BCUT2D eigenvalue weighted by Gasteiger charge is -2.25. The van der Waals surface area contributed by atoms with Crippen molar-refractivity contribution in [2.45, 2.75) is 16.2 Å². The van der Waals surface area contributed by atoms with Crippen LogP contribution in [0.5, 0.6) is 0 Å². The molecule has 1 heterocycles. The maximum Gasteiger partial charge on any atom is 0.418 e. The van der Waals surface area contributed by atoms with Gasteiger partial charge in [-0.3, -0.25) is 0 Å². The maximum atomic E-state index is 14.2. The molecule has 0 unspecified atom stereocenters. The van der Waals surface area contributed by atoms with Crippen molar-refractivity contribution in [3.63, 3.8) is 0 Å². The van der Waals surface area contributed by atoms with Gasteiger partial charge in [-0.15, -0.1) is 5.10 Å². The average molecular weight is 353 g/mol. The van der Waals surface area contributed by atoms with Crippen LogP contribution in [-0.4, -0.2) is 20.2 Å². The molecule has 0 amide bonds. The van der Waals surface area contributed by atoms with Gasteiger partial charge in [0.2, 0.25) is 0 Å². The van der Waals surface area contributed by atoms with E-state index in [1.165, 1.54) is 24.3 Å². The van der Waals surface area contributed by atoms with Gasteiger partial charge in [0.05, 0.1) is 6.20 Å². The molecule has 8 heteroatoms. The van der Waals surface area contributed by atoms with E-state index < -0.39 is 11.3 Å². The number of hydrogen-bond donors (Lipinski definition) is 0. The van der Waals surface area contributed by atoms with Gasteiger partial charge in [-0.1, -0.05) is 53.7 Å². The Labute approximate surface area is 139 Å². The van der Waals surface area contributed by atoms with Crippen LogP contribution in [0.3, 0.4) is 0 Å². The van der Waals surface area contributed by atoms with Gasteiger partial charge in [-0.25, -0.2) is 0 Å². The van der Waals surface area contributed by atoms with Gasteiger partial charge in [-0.2, -0.15) is 22.2 Å². The Bertz CT molecular complexity index is 806. The second kappa shape index (κ2) is 6.27. The Morgan fingerprint density at radius 2 is 1.42 bits per heavy atom. The summed E-state index contributed by atoms with van der Waals surface area (Å²) >= 11 is -0.219. The van der Waals surface area contributed by atoms with Crippen molar-refractivity contribution in [3.05, 3.63) is 66.9 Å². The predicted molar refractivity (Wildman–Crippen MR) is 82.9 cm³/mol. The number of halogens is 4. The fourth-order valence-corrected chi connectivity index (χ4v) is 2.78. The van der Waals surface area contributed by atoms with E-state index in [1.54, 1.807) is 36.4 Å². The quantitative estimate of drug-likeness (QED) is 0.484. The number of aromatic nitrogens is 3. The van der Waals surface area contributed by atoms with Gasteiger partial charge in [0.15, 0.2) is 0 Å². The molecule has 0 spiro atoms. The van der Waals surface area contributed by atoms with E-state index in [0.717, 1.165) is 6.20 Å². The largest absolute Gasteiger partial charge is 0.418 e. The second-order valence-electron chi connectivity index (χ2n) is 4.89. The minimum atomic E-state index is -4.53. The summed E-state index contributed by atoms with van der Waals surface area (Å²) in [5.41, 5.74) is 0.606. The van der Waals surface area contributed by atoms with E-state index in [4.69, 9.17) is 0 Å². The number of hydrogen-bond acceptors (Lipinski definition) is 3. The van der Waals surface area contributed by atoms with Crippen molar-refractivity contribution in [3.8, 4) is 11.3 Å². The molecule has 1 aromatic heterocycles. The Hall–Kier alpha value is -2.35. The Morgan fingerprint density at radius 3 is 2.04 bits per heavy atom. The number of rotatable bonds is 5. The summed E-state index contributed by atoms with van der Waals surface area (Å²) in [6.45, 7) is 0. The molecule has 0 saturated carbocycles. The molecule has 3 aromatic rings. The fourth-order valence-electron chi connectivity index (χ4n) is 1.97. The molecule has 0 atom stereocenters.